The van der Waals surface area contributed by atoms with Crippen LogP contribution in [0.4, 0.5) is 0 Å². The number of aromatic nitrogens is 1. The van der Waals surface area contributed by atoms with E-state index in [-0.39, 0.29) is 11.9 Å². The van der Waals surface area contributed by atoms with Crippen molar-refractivity contribution in [3.05, 3.63) is 65.5 Å². The fourth-order valence-corrected chi connectivity index (χ4v) is 4.63. The molecule has 27 heavy (non-hydrogen) atoms. The van der Waals surface area contributed by atoms with Crippen molar-refractivity contribution in [2.75, 3.05) is 0 Å². The largest absolute Gasteiger partial charge is 0.347 e. The average molecular weight is 364 g/mol. The Morgan fingerprint density at radius 1 is 1.15 bits per heavy atom. The fraction of sp³-hybridized carbons (Fsp3) is 0.478. The van der Waals surface area contributed by atoms with Gasteiger partial charge < -0.3 is 10.6 Å². The zero-order valence-electron chi connectivity index (χ0n) is 16.0. The lowest BCUT2D eigenvalue weighted by Gasteiger charge is -2.29. The zero-order valence-corrected chi connectivity index (χ0v) is 16.0. The van der Waals surface area contributed by atoms with E-state index in [9.17, 15) is 4.79 Å². The predicted octanol–water partition coefficient (Wildman–Crippen LogP) is 3.71. The third kappa shape index (κ3) is 4.75. The SMILES string of the molecule is Cc1ccc(CC(NC(=O)CC2CC3CCC(C2)N3)c2ccccn2)cc1. The Kier molecular flexibility index (Phi) is 5.53. The normalized spacial score (nSPS) is 25.1. The van der Waals surface area contributed by atoms with Crippen molar-refractivity contribution in [2.24, 2.45) is 5.92 Å². The number of nitrogens with one attached hydrogen (secondary N) is 2. The van der Waals surface area contributed by atoms with Crippen molar-refractivity contribution in [2.45, 2.75) is 63.6 Å². The first kappa shape index (κ1) is 18.2. The Morgan fingerprint density at radius 2 is 1.89 bits per heavy atom. The minimum Gasteiger partial charge on any atom is -0.347 e. The van der Waals surface area contributed by atoms with Crippen molar-refractivity contribution in [3.8, 4) is 0 Å². The van der Waals surface area contributed by atoms with Crippen LogP contribution in [0.2, 0.25) is 0 Å². The van der Waals surface area contributed by atoms with Gasteiger partial charge in [-0.15, -0.1) is 0 Å². The zero-order chi connectivity index (χ0) is 18.6. The van der Waals surface area contributed by atoms with Crippen molar-refractivity contribution >= 4 is 5.91 Å². The molecule has 1 amide bonds. The molecule has 2 aromatic rings. The Hall–Kier alpha value is -2.20. The molecule has 3 unspecified atom stereocenters. The number of benzene rings is 1. The Balaban J connectivity index is 1.42. The summed E-state index contributed by atoms with van der Waals surface area (Å²) in [5, 5.41) is 6.93. The van der Waals surface area contributed by atoms with Gasteiger partial charge in [0.05, 0.1) is 11.7 Å². The van der Waals surface area contributed by atoms with E-state index in [1.807, 2.05) is 18.2 Å². The maximum absolute atomic E-state index is 12.8. The molecule has 0 radical (unpaired) electrons. The maximum atomic E-state index is 12.8. The molecule has 3 atom stereocenters. The van der Waals surface area contributed by atoms with E-state index in [4.69, 9.17) is 0 Å². The lowest BCUT2D eigenvalue weighted by atomic mass is 9.89. The number of carbonyl (C=O) groups excluding carboxylic acids is 1. The number of fused-ring (bicyclic) bond motifs is 2. The van der Waals surface area contributed by atoms with Gasteiger partial charge in [-0.2, -0.15) is 0 Å². The molecule has 0 aliphatic carbocycles. The molecular weight excluding hydrogens is 334 g/mol. The van der Waals surface area contributed by atoms with Crippen LogP contribution < -0.4 is 10.6 Å². The van der Waals surface area contributed by atoms with Crippen LogP contribution in [0.3, 0.4) is 0 Å². The smallest absolute Gasteiger partial charge is 0.220 e. The molecule has 2 N–H and O–H groups in total. The van der Waals surface area contributed by atoms with Crippen LogP contribution in [-0.4, -0.2) is 23.0 Å². The number of aryl methyl sites for hydroxylation is 1. The molecule has 2 fully saturated rings. The number of hydrogen-bond donors (Lipinski definition) is 2. The van der Waals surface area contributed by atoms with Crippen molar-refractivity contribution in [1.82, 2.24) is 15.6 Å². The first-order chi connectivity index (χ1) is 13.2. The number of nitrogens with zero attached hydrogens (tertiary/aromatic N) is 1. The Morgan fingerprint density at radius 3 is 2.56 bits per heavy atom. The van der Waals surface area contributed by atoms with Gasteiger partial charge in [0.15, 0.2) is 0 Å². The maximum Gasteiger partial charge on any atom is 0.220 e. The lowest BCUT2D eigenvalue weighted by molar-refractivity contribution is -0.123. The summed E-state index contributed by atoms with van der Waals surface area (Å²) in [4.78, 5) is 17.3. The molecule has 1 aromatic heterocycles. The first-order valence-corrected chi connectivity index (χ1v) is 10.2. The summed E-state index contributed by atoms with van der Waals surface area (Å²) in [6.07, 6.45) is 8.01. The summed E-state index contributed by atoms with van der Waals surface area (Å²) in [5.74, 6) is 0.663. The highest BCUT2D eigenvalue weighted by Gasteiger charge is 2.34. The third-order valence-corrected chi connectivity index (χ3v) is 5.99. The number of piperidine rings is 1. The predicted molar refractivity (Wildman–Crippen MR) is 107 cm³/mol. The van der Waals surface area contributed by atoms with E-state index in [1.54, 1.807) is 6.20 Å². The van der Waals surface area contributed by atoms with Crippen LogP contribution in [0, 0.1) is 12.8 Å². The van der Waals surface area contributed by atoms with Gasteiger partial charge in [0.2, 0.25) is 5.91 Å². The molecular formula is C23H29N3O. The number of carbonyl (C=O) groups is 1. The summed E-state index contributed by atoms with van der Waals surface area (Å²) in [6, 6.07) is 15.6. The lowest BCUT2D eigenvalue weighted by Crippen LogP contribution is -2.40. The fourth-order valence-electron chi connectivity index (χ4n) is 4.63. The second-order valence-corrected chi connectivity index (χ2v) is 8.24. The summed E-state index contributed by atoms with van der Waals surface area (Å²) >= 11 is 0. The van der Waals surface area contributed by atoms with Gasteiger partial charge in [-0.3, -0.25) is 9.78 Å². The van der Waals surface area contributed by atoms with E-state index in [1.165, 1.54) is 24.0 Å². The van der Waals surface area contributed by atoms with Gasteiger partial charge in [0.25, 0.3) is 0 Å². The highest BCUT2D eigenvalue weighted by molar-refractivity contribution is 5.76. The van der Waals surface area contributed by atoms with Gasteiger partial charge in [0, 0.05) is 24.7 Å². The molecule has 0 saturated carbocycles. The van der Waals surface area contributed by atoms with Crippen LogP contribution in [0.1, 0.15) is 55.0 Å². The highest BCUT2D eigenvalue weighted by Crippen LogP contribution is 2.32. The molecule has 4 heteroatoms. The van der Waals surface area contributed by atoms with Crippen LogP contribution >= 0.6 is 0 Å². The first-order valence-electron chi connectivity index (χ1n) is 10.2. The summed E-state index contributed by atoms with van der Waals surface area (Å²) in [7, 11) is 0. The molecule has 2 bridgehead atoms. The number of amides is 1. The van der Waals surface area contributed by atoms with Gasteiger partial charge in [-0.05, 0) is 62.6 Å². The molecule has 2 aliphatic heterocycles. The van der Waals surface area contributed by atoms with E-state index < -0.39 is 0 Å². The number of hydrogen-bond acceptors (Lipinski definition) is 3. The Bertz CT molecular complexity index is 747. The Labute approximate surface area is 161 Å². The van der Waals surface area contributed by atoms with Gasteiger partial charge >= 0.3 is 0 Å². The molecule has 4 rings (SSSR count). The van der Waals surface area contributed by atoms with E-state index in [0.717, 1.165) is 25.0 Å². The number of rotatable bonds is 6. The summed E-state index contributed by atoms with van der Waals surface area (Å²) in [6.45, 7) is 2.09. The molecule has 2 saturated heterocycles. The van der Waals surface area contributed by atoms with E-state index in [2.05, 4.69) is 46.8 Å². The van der Waals surface area contributed by atoms with Crippen molar-refractivity contribution < 1.29 is 4.79 Å². The second kappa shape index (κ2) is 8.22. The topological polar surface area (TPSA) is 54.0 Å². The molecule has 0 spiro atoms. The molecule has 1 aromatic carbocycles. The van der Waals surface area contributed by atoms with Crippen LogP contribution in [0.15, 0.2) is 48.7 Å². The quantitative estimate of drug-likeness (QED) is 0.823. The monoisotopic (exact) mass is 363 g/mol. The molecule has 3 heterocycles. The third-order valence-electron chi connectivity index (χ3n) is 5.99. The van der Waals surface area contributed by atoms with Gasteiger partial charge in [-0.25, -0.2) is 0 Å². The van der Waals surface area contributed by atoms with Crippen LogP contribution in [0.5, 0.6) is 0 Å². The van der Waals surface area contributed by atoms with Gasteiger partial charge in [-0.1, -0.05) is 35.9 Å². The average Bonchev–Trinajstić information content (AvgIpc) is 3.02. The molecule has 4 nitrogen and oxygen atoms in total. The highest BCUT2D eigenvalue weighted by atomic mass is 16.1. The molecule has 2 aliphatic rings. The van der Waals surface area contributed by atoms with Crippen molar-refractivity contribution in [1.29, 1.82) is 0 Å². The second-order valence-electron chi connectivity index (χ2n) is 8.24. The van der Waals surface area contributed by atoms with Crippen molar-refractivity contribution in [3.63, 3.8) is 0 Å². The summed E-state index contributed by atoms with van der Waals surface area (Å²) in [5.41, 5.74) is 3.39. The van der Waals surface area contributed by atoms with E-state index in [0.29, 0.717) is 24.4 Å². The minimum absolute atomic E-state index is 0.0835. The standard InChI is InChI=1S/C23H29N3O/c1-16-5-7-17(8-6-16)14-22(21-4-2-3-11-24-21)26-23(27)15-18-12-19-9-10-20(13-18)25-19/h2-8,11,18-20,22,25H,9-10,12-15H2,1H3,(H,26,27). The van der Waals surface area contributed by atoms with E-state index >= 15 is 0 Å². The van der Waals surface area contributed by atoms with Crippen LogP contribution in [0.25, 0.3) is 0 Å². The van der Waals surface area contributed by atoms with Gasteiger partial charge in [0.1, 0.15) is 0 Å². The molecule has 142 valence electrons. The summed E-state index contributed by atoms with van der Waals surface area (Å²) < 4.78 is 0. The minimum atomic E-state index is -0.0835. The number of pyridine rings is 1. The van der Waals surface area contributed by atoms with Crippen LogP contribution in [-0.2, 0) is 11.2 Å².